The van der Waals surface area contributed by atoms with Crippen molar-refractivity contribution < 1.29 is 13.9 Å². The predicted octanol–water partition coefficient (Wildman–Crippen LogP) is 1.90. The van der Waals surface area contributed by atoms with Crippen molar-refractivity contribution in [2.45, 2.75) is 0 Å². The quantitative estimate of drug-likeness (QED) is 0.831. The number of rotatable bonds is 1. The standard InChI is InChI=1S/C13H12N2O3/c14-12-9(5-7-18-12)13(16)15-6-8-17-11-4-2-1-3-10(11)15/h1-5,7H,6,8,14H2. The van der Waals surface area contributed by atoms with Crippen molar-refractivity contribution in [1.29, 1.82) is 0 Å². The molecule has 0 spiro atoms. The molecule has 0 saturated carbocycles. The molecule has 0 aliphatic carbocycles. The van der Waals surface area contributed by atoms with Crippen LogP contribution in [0.4, 0.5) is 11.6 Å². The third-order valence-electron chi connectivity index (χ3n) is 2.90. The lowest BCUT2D eigenvalue weighted by Gasteiger charge is -2.29. The van der Waals surface area contributed by atoms with Gasteiger partial charge in [0.25, 0.3) is 5.91 Å². The van der Waals surface area contributed by atoms with Crippen LogP contribution >= 0.6 is 0 Å². The van der Waals surface area contributed by atoms with E-state index in [4.69, 9.17) is 14.9 Å². The molecule has 5 nitrogen and oxygen atoms in total. The monoisotopic (exact) mass is 244 g/mol. The molecule has 5 heteroatoms. The summed E-state index contributed by atoms with van der Waals surface area (Å²) in [6, 6.07) is 9.01. The zero-order chi connectivity index (χ0) is 12.5. The minimum Gasteiger partial charge on any atom is -0.490 e. The van der Waals surface area contributed by atoms with Crippen molar-refractivity contribution in [1.82, 2.24) is 0 Å². The number of para-hydroxylation sites is 2. The largest absolute Gasteiger partial charge is 0.490 e. The molecule has 2 aromatic rings. The smallest absolute Gasteiger partial charge is 0.264 e. The van der Waals surface area contributed by atoms with Gasteiger partial charge < -0.3 is 19.8 Å². The van der Waals surface area contributed by atoms with Gasteiger partial charge in [-0.05, 0) is 18.2 Å². The molecule has 18 heavy (non-hydrogen) atoms. The molecule has 92 valence electrons. The van der Waals surface area contributed by atoms with Crippen LogP contribution in [-0.2, 0) is 0 Å². The number of nitrogens with two attached hydrogens (primary N) is 1. The fraction of sp³-hybridized carbons (Fsp3) is 0.154. The van der Waals surface area contributed by atoms with E-state index in [0.717, 1.165) is 5.69 Å². The van der Waals surface area contributed by atoms with Crippen LogP contribution in [0, 0.1) is 0 Å². The van der Waals surface area contributed by atoms with Crippen LogP contribution < -0.4 is 15.4 Å². The number of ether oxygens (including phenoxy) is 1. The van der Waals surface area contributed by atoms with Crippen LogP contribution in [0.15, 0.2) is 41.0 Å². The Balaban J connectivity index is 2.00. The number of benzene rings is 1. The molecule has 0 bridgehead atoms. The van der Waals surface area contributed by atoms with Gasteiger partial charge in [0.15, 0.2) is 0 Å². The summed E-state index contributed by atoms with van der Waals surface area (Å²) in [6.07, 6.45) is 1.41. The lowest BCUT2D eigenvalue weighted by Crippen LogP contribution is -2.38. The highest BCUT2D eigenvalue weighted by Gasteiger charge is 2.26. The molecule has 3 rings (SSSR count). The van der Waals surface area contributed by atoms with Crippen LogP contribution in [0.5, 0.6) is 5.75 Å². The molecule has 0 unspecified atom stereocenters. The van der Waals surface area contributed by atoms with Crippen molar-refractivity contribution in [3.8, 4) is 5.75 Å². The zero-order valence-corrected chi connectivity index (χ0v) is 9.63. The van der Waals surface area contributed by atoms with E-state index < -0.39 is 0 Å². The lowest BCUT2D eigenvalue weighted by atomic mass is 10.2. The lowest BCUT2D eigenvalue weighted by molar-refractivity contribution is 0.0977. The van der Waals surface area contributed by atoms with E-state index in [0.29, 0.717) is 24.5 Å². The van der Waals surface area contributed by atoms with Crippen LogP contribution in [-0.4, -0.2) is 19.1 Å². The second-order valence-corrected chi connectivity index (χ2v) is 3.97. The van der Waals surface area contributed by atoms with E-state index in [9.17, 15) is 4.79 Å². The third-order valence-corrected chi connectivity index (χ3v) is 2.90. The normalized spacial score (nSPS) is 13.9. The topological polar surface area (TPSA) is 68.7 Å². The first-order chi connectivity index (χ1) is 8.77. The molecule has 1 amide bonds. The van der Waals surface area contributed by atoms with Gasteiger partial charge in [0.05, 0.1) is 18.5 Å². The van der Waals surface area contributed by atoms with E-state index in [2.05, 4.69) is 0 Å². The summed E-state index contributed by atoms with van der Waals surface area (Å²) in [5.41, 5.74) is 6.76. The number of hydrogen-bond acceptors (Lipinski definition) is 4. The van der Waals surface area contributed by atoms with Gasteiger partial charge in [-0.15, -0.1) is 0 Å². The molecular formula is C13H12N2O3. The summed E-state index contributed by atoms with van der Waals surface area (Å²) in [4.78, 5) is 14.0. The van der Waals surface area contributed by atoms with Crippen molar-refractivity contribution in [3.05, 3.63) is 42.2 Å². The summed E-state index contributed by atoms with van der Waals surface area (Å²) in [5, 5.41) is 0. The van der Waals surface area contributed by atoms with Gasteiger partial charge >= 0.3 is 0 Å². The van der Waals surface area contributed by atoms with Gasteiger partial charge in [-0.3, -0.25) is 4.79 Å². The zero-order valence-electron chi connectivity index (χ0n) is 9.63. The average molecular weight is 244 g/mol. The van der Waals surface area contributed by atoms with E-state index in [-0.39, 0.29) is 11.8 Å². The highest BCUT2D eigenvalue weighted by Crippen LogP contribution is 2.32. The van der Waals surface area contributed by atoms with Gasteiger partial charge in [0, 0.05) is 0 Å². The van der Waals surface area contributed by atoms with Gasteiger partial charge in [-0.25, -0.2) is 0 Å². The number of furan rings is 1. The first-order valence-corrected chi connectivity index (χ1v) is 5.64. The van der Waals surface area contributed by atoms with Gasteiger partial charge in [0.1, 0.15) is 17.9 Å². The Morgan fingerprint density at radius 3 is 2.89 bits per heavy atom. The summed E-state index contributed by atoms with van der Waals surface area (Å²) in [5.74, 6) is 0.681. The van der Waals surface area contributed by atoms with E-state index in [1.165, 1.54) is 6.26 Å². The number of fused-ring (bicyclic) bond motifs is 1. The molecule has 0 saturated heterocycles. The number of hydrogen-bond donors (Lipinski definition) is 1. The number of carbonyl (C=O) groups is 1. The highest BCUT2D eigenvalue weighted by molar-refractivity contribution is 6.09. The minimum atomic E-state index is -0.169. The number of amides is 1. The maximum absolute atomic E-state index is 12.4. The molecule has 1 aliphatic rings. The fourth-order valence-corrected chi connectivity index (χ4v) is 2.02. The summed E-state index contributed by atoms with van der Waals surface area (Å²) in [7, 11) is 0. The Kier molecular flexibility index (Phi) is 2.44. The number of anilines is 2. The number of nitrogens with zero attached hydrogens (tertiary/aromatic N) is 1. The maximum Gasteiger partial charge on any atom is 0.264 e. The van der Waals surface area contributed by atoms with Crippen LogP contribution in [0.3, 0.4) is 0 Å². The molecule has 0 atom stereocenters. The van der Waals surface area contributed by atoms with Crippen LogP contribution in [0.1, 0.15) is 10.4 Å². The Labute approximate surface area is 104 Å². The van der Waals surface area contributed by atoms with Crippen molar-refractivity contribution in [2.24, 2.45) is 0 Å². The van der Waals surface area contributed by atoms with E-state index >= 15 is 0 Å². The Morgan fingerprint density at radius 1 is 1.28 bits per heavy atom. The van der Waals surface area contributed by atoms with Gasteiger partial charge in [0.2, 0.25) is 5.88 Å². The summed E-state index contributed by atoms with van der Waals surface area (Å²) in [6.45, 7) is 0.973. The molecule has 2 heterocycles. The van der Waals surface area contributed by atoms with Gasteiger partial charge in [-0.2, -0.15) is 0 Å². The number of nitrogen functional groups attached to an aromatic ring is 1. The van der Waals surface area contributed by atoms with Gasteiger partial charge in [-0.1, -0.05) is 12.1 Å². The van der Waals surface area contributed by atoms with Crippen LogP contribution in [0.25, 0.3) is 0 Å². The Morgan fingerprint density at radius 2 is 2.11 bits per heavy atom. The molecule has 2 N–H and O–H groups in total. The first-order valence-electron chi connectivity index (χ1n) is 5.64. The SMILES string of the molecule is Nc1occc1C(=O)N1CCOc2ccccc21. The third kappa shape index (κ3) is 1.60. The molecule has 1 aromatic heterocycles. The molecule has 1 aromatic carbocycles. The second kappa shape index (κ2) is 4.10. The fourth-order valence-electron chi connectivity index (χ4n) is 2.02. The Bertz CT molecular complexity index is 591. The van der Waals surface area contributed by atoms with Crippen molar-refractivity contribution >= 4 is 17.5 Å². The number of carbonyl (C=O) groups excluding carboxylic acids is 1. The van der Waals surface area contributed by atoms with Crippen molar-refractivity contribution in [2.75, 3.05) is 23.8 Å². The highest BCUT2D eigenvalue weighted by atomic mass is 16.5. The van der Waals surface area contributed by atoms with E-state index in [1.54, 1.807) is 11.0 Å². The van der Waals surface area contributed by atoms with Crippen molar-refractivity contribution in [3.63, 3.8) is 0 Å². The van der Waals surface area contributed by atoms with E-state index in [1.807, 2.05) is 24.3 Å². The average Bonchev–Trinajstić information content (AvgIpc) is 2.83. The van der Waals surface area contributed by atoms with Crippen LogP contribution in [0.2, 0.25) is 0 Å². The Hall–Kier alpha value is -2.43. The molecule has 0 fully saturated rings. The maximum atomic E-state index is 12.4. The predicted molar refractivity (Wildman–Crippen MR) is 66.7 cm³/mol. The summed E-state index contributed by atoms with van der Waals surface area (Å²) >= 11 is 0. The second-order valence-electron chi connectivity index (χ2n) is 3.97. The first kappa shape index (κ1) is 10.7. The molecule has 0 radical (unpaired) electrons. The minimum absolute atomic E-state index is 0.143. The molecule has 1 aliphatic heterocycles. The molecular weight excluding hydrogens is 232 g/mol. The summed E-state index contributed by atoms with van der Waals surface area (Å²) < 4.78 is 10.5.